The standard InChI is InChI=1S/C25H26FNO3S/c26-22-6-2-5-21(15-22)25(28)27(17-24-8-3-11-29-24)16-20-4-1-7-23(14-20)30-12-9-19-10-13-31-18-19/h1-2,4-7,10,13-15,18,24H,3,8-9,11-12,16-17H2/t24-/m0/s1. The van der Waals surface area contributed by atoms with Crippen LogP contribution in [0.25, 0.3) is 0 Å². The Morgan fingerprint density at radius 3 is 2.84 bits per heavy atom. The summed E-state index contributed by atoms with van der Waals surface area (Å²) in [6, 6.07) is 15.8. The number of ether oxygens (including phenoxy) is 2. The van der Waals surface area contributed by atoms with E-state index in [2.05, 4.69) is 16.8 Å². The van der Waals surface area contributed by atoms with Crippen molar-refractivity contribution in [1.82, 2.24) is 4.90 Å². The van der Waals surface area contributed by atoms with Gasteiger partial charge in [0.25, 0.3) is 5.91 Å². The fourth-order valence-corrected chi connectivity index (χ4v) is 4.44. The van der Waals surface area contributed by atoms with Gasteiger partial charge in [-0.2, -0.15) is 11.3 Å². The SMILES string of the molecule is O=C(c1cccc(F)c1)N(Cc1cccc(OCCc2ccsc2)c1)C[C@@H]1CCCO1. The molecule has 4 nitrogen and oxygen atoms in total. The van der Waals surface area contributed by atoms with Crippen molar-refractivity contribution in [2.45, 2.75) is 31.9 Å². The average Bonchev–Trinajstić information content (AvgIpc) is 3.47. The lowest BCUT2D eigenvalue weighted by Crippen LogP contribution is -2.37. The molecule has 162 valence electrons. The third kappa shape index (κ3) is 6.15. The highest BCUT2D eigenvalue weighted by atomic mass is 32.1. The van der Waals surface area contributed by atoms with E-state index in [4.69, 9.17) is 9.47 Å². The maximum Gasteiger partial charge on any atom is 0.254 e. The minimum absolute atomic E-state index is 0.0163. The first-order chi connectivity index (χ1) is 15.2. The van der Waals surface area contributed by atoms with E-state index in [1.807, 2.05) is 24.3 Å². The number of benzene rings is 2. The molecular weight excluding hydrogens is 413 g/mol. The van der Waals surface area contributed by atoms with Crippen LogP contribution in [0.4, 0.5) is 4.39 Å². The quantitative estimate of drug-likeness (QED) is 0.452. The van der Waals surface area contributed by atoms with E-state index < -0.39 is 5.82 Å². The van der Waals surface area contributed by atoms with Crippen molar-refractivity contribution in [1.29, 1.82) is 0 Å². The summed E-state index contributed by atoms with van der Waals surface area (Å²) >= 11 is 1.68. The van der Waals surface area contributed by atoms with E-state index in [-0.39, 0.29) is 12.0 Å². The van der Waals surface area contributed by atoms with Gasteiger partial charge in [-0.05, 0) is 71.1 Å². The normalized spacial score (nSPS) is 15.7. The Hall–Kier alpha value is -2.70. The zero-order valence-corrected chi connectivity index (χ0v) is 18.2. The van der Waals surface area contributed by atoms with Crippen LogP contribution < -0.4 is 4.74 Å². The molecule has 3 aromatic rings. The maximum atomic E-state index is 13.7. The van der Waals surface area contributed by atoms with Crippen LogP contribution in [0.15, 0.2) is 65.4 Å². The van der Waals surface area contributed by atoms with E-state index in [9.17, 15) is 9.18 Å². The first-order valence-corrected chi connectivity index (χ1v) is 11.5. The molecule has 1 amide bonds. The lowest BCUT2D eigenvalue weighted by molar-refractivity contribution is 0.0507. The Kier molecular flexibility index (Phi) is 7.33. The van der Waals surface area contributed by atoms with Crippen molar-refractivity contribution in [2.75, 3.05) is 19.8 Å². The smallest absolute Gasteiger partial charge is 0.254 e. The number of carbonyl (C=O) groups is 1. The molecule has 31 heavy (non-hydrogen) atoms. The summed E-state index contributed by atoms with van der Waals surface area (Å²) in [4.78, 5) is 14.9. The van der Waals surface area contributed by atoms with Gasteiger partial charge in [0.15, 0.2) is 0 Å². The molecule has 0 radical (unpaired) electrons. The van der Waals surface area contributed by atoms with E-state index in [1.165, 1.54) is 17.7 Å². The number of hydrogen-bond donors (Lipinski definition) is 0. The Balaban J connectivity index is 1.44. The number of nitrogens with zero attached hydrogens (tertiary/aromatic N) is 1. The van der Waals surface area contributed by atoms with Crippen molar-refractivity contribution in [3.8, 4) is 5.75 Å². The molecule has 1 aromatic heterocycles. The highest BCUT2D eigenvalue weighted by molar-refractivity contribution is 7.07. The maximum absolute atomic E-state index is 13.7. The number of carbonyl (C=O) groups excluding carboxylic acids is 1. The Labute approximate surface area is 186 Å². The Morgan fingerprint density at radius 2 is 2.06 bits per heavy atom. The van der Waals surface area contributed by atoms with E-state index >= 15 is 0 Å². The highest BCUT2D eigenvalue weighted by Crippen LogP contribution is 2.20. The van der Waals surface area contributed by atoms with Crippen LogP contribution in [-0.4, -0.2) is 36.7 Å². The molecule has 0 N–H and O–H groups in total. The van der Waals surface area contributed by atoms with Crippen LogP contribution in [0.5, 0.6) is 5.75 Å². The second-order valence-electron chi connectivity index (χ2n) is 7.71. The highest BCUT2D eigenvalue weighted by Gasteiger charge is 2.24. The van der Waals surface area contributed by atoms with Gasteiger partial charge in [-0.3, -0.25) is 4.79 Å². The molecule has 0 aliphatic carbocycles. The minimum Gasteiger partial charge on any atom is -0.493 e. The van der Waals surface area contributed by atoms with Gasteiger partial charge in [-0.1, -0.05) is 18.2 Å². The number of amides is 1. The van der Waals surface area contributed by atoms with Gasteiger partial charge in [0, 0.05) is 31.7 Å². The predicted octanol–water partition coefficient (Wildman–Crippen LogP) is 5.33. The van der Waals surface area contributed by atoms with Crippen molar-refractivity contribution in [3.05, 3.63) is 87.9 Å². The molecule has 2 heterocycles. The second-order valence-corrected chi connectivity index (χ2v) is 8.49. The van der Waals surface area contributed by atoms with Crippen LogP contribution in [0.2, 0.25) is 0 Å². The van der Waals surface area contributed by atoms with E-state index in [0.29, 0.717) is 25.3 Å². The molecule has 1 atom stereocenters. The van der Waals surface area contributed by atoms with Gasteiger partial charge in [-0.15, -0.1) is 0 Å². The van der Waals surface area contributed by atoms with Crippen molar-refractivity contribution < 1.29 is 18.7 Å². The van der Waals surface area contributed by atoms with Crippen LogP contribution >= 0.6 is 11.3 Å². The Bertz CT molecular complexity index is 986. The molecular formula is C25H26FNO3S. The van der Waals surface area contributed by atoms with Crippen LogP contribution in [0.1, 0.15) is 34.3 Å². The molecule has 1 aliphatic heterocycles. The zero-order chi connectivity index (χ0) is 21.5. The molecule has 4 rings (SSSR count). The summed E-state index contributed by atoms with van der Waals surface area (Å²) in [5.74, 6) is 0.172. The third-order valence-corrected chi connectivity index (χ3v) is 6.05. The number of halogens is 1. The van der Waals surface area contributed by atoms with Crippen LogP contribution in [0, 0.1) is 5.82 Å². The number of rotatable bonds is 9. The minimum atomic E-state index is -0.413. The monoisotopic (exact) mass is 439 g/mol. The lowest BCUT2D eigenvalue weighted by Gasteiger charge is -2.26. The molecule has 1 fully saturated rings. The van der Waals surface area contributed by atoms with Crippen molar-refractivity contribution in [3.63, 3.8) is 0 Å². The predicted molar refractivity (Wildman–Crippen MR) is 120 cm³/mol. The van der Waals surface area contributed by atoms with Gasteiger partial charge in [0.1, 0.15) is 11.6 Å². The van der Waals surface area contributed by atoms with Crippen molar-refractivity contribution >= 4 is 17.2 Å². The molecule has 0 spiro atoms. The fourth-order valence-electron chi connectivity index (χ4n) is 3.73. The van der Waals surface area contributed by atoms with Gasteiger partial charge in [0.05, 0.1) is 12.7 Å². The van der Waals surface area contributed by atoms with Crippen molar-refractivity contribution in [2.24, 2.45) is 0 Å². The van der Waals surface area contributed by atoms with E-state index in [1.54, 1.807) is 28.4 Å². The molecule has 6 heteroatoms. The second kappa shape index (κ2) is 10.6. The molecule has 0 bridgehead atoms. The topological polar surface area (TPSA) is 38.8 Å². The summed E-state index contributed by atoms with van der Waals surface area (Å²) in [6.07, 6.45) is 2.80. The summed E-state index contributed by atoms with van der Waals surface area (Å²) < 4.78 is 25.4. The van der Waals surface area contributed by atoms with Gasteiger partial charge in [0.2, 0.25) is 0 Å². The summed E-state index contributed by atoms with van der Waals surface area (Å²) in [5.41, 5.74) is 2.58. The van der Waals surface area contributed by atoms with Gasteiger partial charge >= 0.3 is 0 Å². The number of hydrogen-bond acceptors (Lipinski definition) is 4. The van der Waals surface area contributed by atoms with Crippen LogP contribution in [-0.2, 0) is 17.7 Å². The first-order valence-electron chi connectivity index (χ1n) is 10.6. The lowest BCUT2D eigenvalue weighted by atomic mass is 10.1. The molecule has 2 aromatic carbocycles. The molecule has 1 aliphatic rings. The third-order valence-electron chi connectivity index (χ3n) is 5.32. The molecule has 0 unspecified atom stereocenters. The zero-order valence-electron chi connectivity index (χ0n) is 17.3. The summed E-state index contributed by atoms with van der Waals surface area (Å²) in [5, 5.41) is 4.19. The van der Waals surface area contributed by atoms with Crippen LogP contribution in [0.3, 0.4) is 0 Å². The molecule has 1 saturated heterocycles. The van der Waals surface area contributed by atoms with Gasteiger partial charge < -0.3 is 14.4 Å². The largest absolute Gasteiger partial charge is 0.493 e. The summed E-state index contributed by atoms with van der Waals surface area (Å²) in [7, 11) is 0. The molecule has 0 saturated carbocycles. The Morgan fingerprint density at radius 1 is 1.16 bits per heavy atom. The van der Waals surface area contributed by atoms with E-state index in [0.717, 1.165) is 37.2 Å². The summed E-state index contributed by atoms with van der Waals surface area (Å²) in [6.45, 7) is 2.22. The first kappa shape index (κ1) is 21.5. The average molecular weight is 440 g/mol. The number of thiophene rings is 1. The fraction of sp³-hybridized carbons (Fsp3) is 0.320. The van der Waals surface area contributed by atoms with Gasteiger partial charge in [-0.25, -0.2) is 4.39 Å².